The van der Waals surface area contributed by atoms with Crippen molar-refractivity contribution in [1.82, 2.24) is 0 Å². The standard InChI is InChI=1S/C27H42FNO3/c1-15-7-10-23-18(4)27(31-14-24(23)22(15)11-8-16(2)30)20(6)32-26-12-9-21(13-25(26)28)17(3)19(5)29/h9,12-13,15-18,20,22-24,27,30H,5,7-8,10-11,14,29H2,1-4,6H3/t15-,16?,17?,18-,20-,22+,23+,24?,27+/m1/s1. The third-order valence-electron chi connectivity index (χ3n) is 8.17. The quantitative estimate of drug-likeness (QED) is 0.541. The van der Waals surface area contributed by atoms with Gasteiger partial charge in [-0.3, -0.25) is 0 Å². The molecule has 1 saturated heterocycles. The highest BCUT2D eigenvalue weighted by Crippen LogP contribution is 2.48. The van der Waals surface area contributed by atoms with E-state index in [4.69, 9.17) is 15.2 Å². The van der Waals surface area contributed by atoms with Crippen molar-refractivity contribution in [3.05, 3.63) is 41.9 Å². The van der Waals surface area contributed by atoms with Crippen LogP contribution in [0.2, 0.25) is 0 Å². The minimum Gasteiger partial charge on any atom is -0.485 e. The van der Waals surface area contributed by atoms with Crippen molar-refractivity contribution < 1.29 is 19.0 Å². The zero-order chi connectivity index (χ0) is 23.6. The summed E-state index contributed by atoms with van der Waals surface area (Å²) in [6, 6.07) is 5.02. The summed E-state index contributed by atoms with van der Waals surface area (Å²) in [6.07, 6.45) is 3.76. The van der Waals surface area contributed by atoms with Gasteiger partial charge in [0, 0.05) is 11.6 Å². The molecule has 3 N–H and O–H groups in total. The molecule has 0 spiro atoms. The molecule has 0 aromatic heterocycles. The van der Waals surface area contributed by atoms with Crippen molar-refractivity contribution in [3.63, 3.8) is 0 Å². The number of nitrogens with two attached hydrogens (primary N) is 1. The number of benzene rings is 1. The van der Waals surface area contributed by atoms with E-state index in [-0.39, 0.29) is 35.8 Å². The highest BCUT2D eigenvalue weighted by atomic mass is 19.1. The molecule has 3 unspecified atom stereocenters. The first-order chi connectivity index (χ1) is 15.1. The zero-order valence-corrected chi connectivity index (χ0v) is 20.4. The largest absolute Gasteiger partial charge is 0.485 e. The lowest BCUT2D eigenvalue weighted by molar-refractivity contribution is -0.154. The zero-order valence-electron chi connectivity index (χ0n) is 20.4. The second-order valence-corrected chi connectivity index (χ2v) is 10.4. The van der Waals surface area contributed by atoms with E-state index in [1.54, 1.807) is 6.07 Å². The molecule has 0 radical (unpaired) electrons. The van der Waals surface area contributed by atoms with E-state index in [0.717, 1.165) is 25.0 Å². The Morgan fingerprint density at radius 3 is 2.59 bits per heavy atom. The molecule has 3 rings (SSSR count). The Bertz CT molecular complexity index is 782. The Labute approximate surface area is 193 Å². The summed E-state index contributed by atoms with van der Waals surface area (Å²) < 4.78 is 27.2. The maximum absolute atomic E-state index is 14.8. The van der Waals surface area contributed by atoms with Gasteiger partial charge in [0.1, 0.15) is 6.10 Å². The molecule has 1 heterocycles. The molecule has 2 fully saturated rings. The van der Waals surface area contributed by atoms with Gasteiger partial charge in [-0.25, -0.2) is 4.39 Å². The highest BCUT2D eigenvalue weighted by molar-refractivity contribution is 5.34. The van der Waals surface area contributed by atoms with E-state index in [9.17, 15) is 9.50 Å². The smallest absolute Gasteiger partial charge is 0.165 e. The maximum atomic E-state index is 14.8. The molecule has 2 aliphatic rings. The Hall–Kier alpha value is -1.59. The van der Waals surface area contributed by atoms with Crippen molar-refractivity contribution in [3.8, 4) is 5.75 Å². The fourth-order valence-electron chi connectivity index (χ4n) is 6.00. The van der Waals surface area contributed by atoms with Crippen molar-refractivity contribution in [1.29, 1.82) is 0 Å². The van der Waals surface area contributed by atoms with Crippen LogP contribution < -0.4 is 10.5 Å². The van der Waals surface area contributed by atoms with Gasteiger partial charge in [-0.05, 0) is 80.4 Å². The summed E-state index contributed by atoms with van der Waals surface area (Å²) in [5, 5.41) is 9.78. The number of hydrogen-bond acceptors (Lipinski definition) is 4. The topological polar surface area (TPSA) is 64.7 Å². The number of halogens is 1. The summed E-state index contributed by atoms with van der Waals surface area (Å²) in [6.45, 7) is 14.9. The number of hydrogen-bond donors (Lipinski definition) is 2. The Morgan fingerprint density at radius 2 is 1.97 bits per heavy atom. The second-order valence-electron chi connectivity index (χ2n) is 10.4. The molecule has 0 amide bonds. The first-order valence-electron chi connectivity index (χ1n) is 12.3. The van der Waals surface area contributed by atoms with Gasteiger partial charge in [0.2, 0.25) is 0 Å². The van der Waals surface area contributed by atoms with E-state index < -0.39 is 0 Å². The summed E-state index contributed by atoms with van der Waals surface area (Å²) in [5.41, 5.74) is 7.08. The monoisotopic (exact) mass is 447 g/mol. The Balaban J connectivity index is 1.66. The molecule has 1 aromatic carbocycles. The number of fused-ring (bicyclic) bond motifs is 1. The average Bonchev–Trinajstić information content (AvgIpc) is 2.73. The van der Waals surface area contributed by atoms with E-state index in [0.29, 0.717) is 35.3 Å². The number of aliphatic hydroxyl groups excluding tert-OH is 1. The van der Waals surface area contributed by atoms with Crippen molar-refractivity contribution in [2.24, 2.45) is 35.3 Å². The molecule has 4 nitrogen and oxygen atoms in total. The fourth-order valence-corrected chi connectivity index (χ4v) is 6.00. The van der Waals surface area contributed by atoms with Gasteiger partial charge in [0.15, 0.2) is 11.6 Å². The van der Waals surface area contributed by atoms with Gasteiger partial charge >= 0.3 is 0 Å². The first-order valence-corrected chi connectivity index (χ1v) is 12.3. The van der Waals surface area contributed by atoms with E-state index in [1.807, 2.05) is 26.8 Å². The summed E-state index contributed by atoms with van der Waals surface area (Å²) in [5.74, 6) is 2.46. The van der Waals surface area contributed by atoms with Gasteiger partial charge < -0.3 is 20.3 Å². The normalized spacial score (nSPS) is 33.1. The predicted octanol–water partition coefficient (Wildman–Crippen LogP) is 5.64. The third kappa shape index (κ3) is 5.48. The van der Waals surface area contributed by atoms with Crippen LogP contribution in [0.5, 0.6) is 5.75 Å². The molecular weight excluding hydrogens is 405 g/mol. The van der Waals surface area contributed by atoms with Crippen LogP contribution in [0.25, 0.3) is 0 Å². The number of rotatable bonds is 8. The Kier molecular flexibility index (Phi) is 8.26. The number of allylic oxidation sites excluding steroid dienone is 1. The van der Waals surface area contributed by atoms with Gasteiger partial charge in [0.25, 0.3) is 0 Å². The van der Waals surface area contributed by atoms with Gasteiger partial charge in [-0.2, -0.15) is 0 Å². The summed E-state index contributed by atoms with van der Waals surface area (Å²) in [7, 11) is 0. The van der Waals surface area contributed by atoms with Crippen LogP contribution >= 0.6 is 0 Å². The van der Waals surface area contributed by atoms with Crippen LogP contribution in [-0.4, -0.2) is 30.0 Å². The third-order valence-corrected chi connectivity index (χ3v) is 8.17. The molecule has 1 aromatic rings. The molecule has 1 aliphatic heterocycles. The predicted molar refractivity (Wildman–Crippen MR) is 127 cm³/mol. The molecule has 180 valence electrons. The van der Waals surface area contributed by atoms with Crippen LogP contribution in [0.15, 0.2) is 30.5 Å². The summed E-state index contributed by atoms with van der Waals surface area (Å²) >= 11 is 0. The summed E-state index contributed by atoms with van der Waals surface area (Å²) in [4.78, 5) is 0. The molecule has 9 atom stereocenters. The average molecular weight is 448 g/mol. The number of ether oxygens (including phenoxy) is 2. The minimum absolute atomic E-state index is 0.0658. The van der Waals surface area contributed by atoms with E-state index >= 15 is 0 Å². The molecule has 0 bridgehead atoms. The Morgan fingerprint density at radius 1 is 1.25 bits per heavy atom. The van der Waals surface area contributed by atoms with Crippen molar-refractivity contribution in [2.45, 2.75) is 84.5 Å². The molecule has 1 saturated carbocycles. The molecular formula is C27H42FNO3. The molecule has 5 heteroatoms. The molecule has 1 aliphatic carbocycles. The second kappa shape index (κ2) is 10.6. The lowest BCUT2D eigenvalue weighted by Crippen LogP contribution is -2.52. The maximum Gasteiger partial charge on any atom is 0.165 e. The van der Waals surface area contributed by atoms with Gasteiger partial charge in [0.05, 0.1) is 18.8 Å². The fraction of sp³-hybridized carbons (Fsp3) is 0.704. The van der Waals surface area contributed by atoms with E-state index in [2.05, 4.69) is 20.4 Å². The first kappa shape index (κ1) is 25.0. The lowest BCUT2D eigenvalue weighted by atomic mass is 9.60. The van der Waals surface area contributed by atoms with Crippen LogP contribution in [0.1, 0.15) is 71.8 Å². The van der Waals surface area contributed by atoms with Crippen molar-refractivity contribution in [2.75, 3.05) is 6.61 Å². The highest BCUT2D eigenvalue weighted by Gasteiger charge is 2.46. The number of aliphatic hydroxyl groups is 1. The van der Waals surface area contributed by atoms with E-state index in [1.165, 1.54) is 18.9 Å². The van der Waals surface area contributed by atoms with Gasteiger partial charge in [-0.1, -0.05) is 39.8 Å². The van der Waals surface area contributed by atoms with Crippen molar-refractivity contribution >= 4 is 0 Å². The van der Waals surface area contributed by atoms with Crippen LogP contribution in [0.4, 0.5) is 4.39 Å². The van der Waals surface area contributed by atoms with Crippen LogP contribution in [0, 0.1) is 35.4 Å². The molecule has 32 heavy (non-hydrogen) atoms. The van der Waals surface area contributed by atoms with Crippen LogP contribution in [-0.2, 0) is 4.74 Å². The minimum atomic E-state index is -0.381. The van der Waals surface area contributed by atoms with Crippen LogP contribution in [0.3, 0.4) is 0 Å². The lowest BCUT2D eigenvalue weighted by Gasteiger charge is -2.51. The SMILES string of the molecule is C=C(N)C(C)c1ccc(O[C@H](C)[C@H]2OCC3[C@@H](CC[C@@H](C)[C@@H]3CCC(C)O)[C@H]2C)c(F)c1. The van der Waals surface area contributed by atoms with Gasteiger partial charge in [-0.15, -0.1) is 0 Å².